The predicted molar refractivity (Wildman–Crippen MR) is 124 cm³/mol. The van der Waals surface area contributed by atoms with Crippen molar-refractivity contribution in [1.82, 2.24) is 4.90 Å². The third-order valence-electron chi connectivity index (χ3n) is 5.83. The van der Waals surface area contributed by atoms with Gasteiger partial charge in [-0.3, -0.25) is 9.59 Å². The van der Waals surface area contributed by atoms with Gasteiger partial charge in [0.15, 0.2) is 5.43 Å². The Bertz CT molecular complexity index is 1200. The largest absolute Gasteiger partial charge is 0.494 e. The quantitative estimate of drug-likeness (QED) is 0.476. The molecule has 6 heteroatoms. The van der Waals surface area contributed by atoms with Crippen LogP contribution in [0.4, 0.5) is 0 Å². The van der Waals surface area contributed by atoms with Crippen LogP contribution in [-0.2, 0) is 4.74 Å². The van der Waals surface area contributed by atoms with Gasteiger partial charge in [0.05, 0.1) is 23.6 Å². The van der Waals surface area contributed by atoms with Crippen molar-refractivity contribution in [3.8, 4) is 5.75 Å². The molecule has 32 heavy (non-hydrogen) atoms. The van der Waals surface area contributed by atoms with Crippen molar-refractivity contribution in [1.29, 1.82) is 0 Å². The number of nitrogens with zero attached hydrogens (tertiary/aromatic N) is 1. The zero-order valence-corrected chi connectivity index (χ0v) is 19.1. The summed E-state index contributed by atoms with van der Waals surface area (Å²) in [5.41, 5.74) is 3.42. The van der Waals surface area contributed by atoms with Gasteiger partial charge in [0.1, 0.15) is 11.3 Å². The number of ether oxygens (including phenoxy) is 2. The third-order valence-corrected chi connectivity index (χ3v) is 5.83. The molecule has 1 amide bonds. The van der Waals surface area contributed by atoms with Crippen LogP contribution in [0, 0.1) is 13.8 Å². The van der Waals surface area contributed by atoms with Gasteiger partial charge in [-0.25, -0.2) is 0 Å². The number of carbonyl (C=O) groups is 1. The maximum atomic E-state index is 13.7. The fourth-order valence-corrected chi connectivity index (χ4v) is 4.44. The van der Waals surface area contributed by atoms with E-state index >= 15 is 0 Å². The molecule has 3 aromatic rings. The van der Waals surface area contributed by atoms with E-state index in [1.807, 2.05) is 50.2 Å². The number of hydrogen-bond acceptors (Lipinski definition) is 5. The number of aryl methyl sites for hydroxylation is 2. The van der Waals surface area contributed by atoms with Crippen molar-refractivity contribution < 1.29 is 18.7 Å². The minimum Gasteiger partial charge on any atom is -0.494 e. The highest BCUT2D eigenvalue weighted by molar-refractivity contribution is 5.99. The Morgan fingerprint density at radius 3 is 2.50 bits per heavy atom. The molecule has 2 aromatic carbocycles. The molecule has 2 heterocycles. The summed E-state index contributed by atoms with van der Waals surface area (Å²) in [6, 6.07) is 10.9. The summed E-state index contributed by atoms with van der Waals surface area (Å²) < 4.78 is 17.0. The van der Waals surface area contributed by atoms with Crippen LogP contribution in [0.25, 0.3) is 11.0 Å². The van der Waals surface area contributed by atoms with Gasteiger partial charge in [-0.05, 0) is 61.6 Å². The molecular weight excluding hydrogens is 406 g/mol. The second-order valence-corrected chi connectivity index (χ2v) is 8.29. The second kappa shape index (κ2) is 9.17. The van der Waals surface area contributed by atoms with Crippen LogP contribution in [0.2, 0.25) is 0 Å². The van der Waals surface area contributed by atoms with E-state index in [2.05, 4.69) is 6.92 Å². The first-order valence-corrected chi connectivity index (χ1v) is 11.1. The highest BCUT2D eigenvalue weighted by Crippen LogP contribution is 2.39. The van der Waals surface area contributed by atoms with E-state index in [9.17, 15) is 9.59 Å². The van der Waals surface area contributed by atoms with Crippen LogP contribution >= 0.6 is 0 Å². The summed E-state index contributed by atoms with van der Waals surface area (Å²) in [6.45, 7) is 7.54. The summed E-state index contributed by atoms with van der Waals surface area (Å²) >= 11 is 0. The lowest BCUT2D eigenvalue weighted by Gasteiger charge is -2.25. The van der Waals surface area contributed by atoms with E-state index in [0.29, 0.717) is 42.7 Å². The van der Waals surface area contributed by atoms with Gasteiger partial charge in [0, 0.05) is 20.3 Å². The number of hydrogen-bond donors (Lipinski definition) is 0. The maximum Gasteiger partial charge on any atom is 0.290 e. The Morgan fingerprint density at radius 2 is 1.81 bits per heavy atom. The lowest BCUT2D eigenvalue weighted by atomic mass is 9.97. The standard InChI is InChI=1S/C26H29NO5/c1-5-12-31-19-9-7-18(8-10-19)23-22-24(28)21-17(3)14-16(2)15-20(21)32-25(22)26(29)27(23)11-6-13-30-4/h7-10,14-15,23H,5-6,11-13H2,1-4H3. The Labute approximate surface area is 187 Å². The van der Waals surface area contributed by atoms with Gasteiger partial charge in [0.25, 0.3) is 5.91 Å². The van der Waals surface area contributed by atoms with Crippen molar-refractivity contribution in [2.45, 2.75) is 39.7 Å². The number of benzene rings is 2. The minimum absolute atomic E-state index is 0.140. The van der Waals surface area contributed by atoms with Crippen molar-refractivity contribution in [2.75, 3.05) is 26.9 Å². The summed E-state index contributed by atoms with van der Waals surface area (Å²) in [7, 11) is 1.63. The van der Waals surface area contributed by atoms with E-state index in [1.54, 1.807) is 12.0 Å². The van der Waals surface area contributed by atoms with Crippen LogP contribution in [0.1, 0.15) is 58.6 Å². The predicted octanol–water partition coefficient (Wildman–Crippen LogP) is 4.78. The molecule has 1 unspecified atom stereocenters. The Balaban J connectivity index is 1.85. The first-order valence-electron chi connectivity index (χ1n) is 11.1. The molecule has 0 saturated carbocycles. The molecular formula is C26H29NO5. The van der Waals surface area contributed by atoms with E-state index in [-0.39, 0.29) is 17.1 Å². The lowest BCUT2D eigenvalue weighted by Crippen LogP contribution is -2.31. The summed E-state index contributed by atoms with van der Waals surface area (Å²) in [5, 5.41) is 0.536. The molecule has 0 radical (unpaired) electrons. The van der Waals surface area contributed by atoms with Crippen LogP contribution in [-0.4, -0.2) is 37.7 Å². The van der Waals surface area contributed by atoms with Gasteiger partial charge >= 0.3 is 0 Å². The van der Waals surface area contributed by atoms with Gasteiger partial charge in [0.2, 0.25) is 5.76 Å². The molecule has 1 aliphatic heterocycles. The monoisotopic (exact) mass is 435 g/mol. The summed E-state index contributed by atoms with van der Waals surface area (Å²) in [4.78, 5) is 28.8. The van der Waals surface area contributed by atoms with E-state index < -0.39 is 6.04 Å². The average Bonchev–Trinajstić information content (AvgIpc) is 3.04. The van der Waals surface area contributed by atoms with Gasteiger partial charge in [-0.2, -0.15) is 0 Å². The third kappa shape index (κ3) is 3.91. The molecule has 0 aliphatic carbocycles. The molecule has 0 N–H and O–H groups in total. The number of rotatable bonds is 8. The zero-order valence-electron chi connectivity index (χ0n) is 19.1. The van der Waals surface area contributed by atoms with Gasteiger partial charge in [-0.1, -0.05) is 25.1 Å². The van der Waals surface area contributed by atoms with Crippen molar-refractivity contribution >= 4 is 16.9 Å². The fraction of sp³-hybridized carbons (Fsp3) is 0.385. The SMILES string of the molecule is CCCOc1ccc(C2c3c(oc4cc(C)cc(C)c4c3=O)C(=O)N2CCCOC)cc1. The molecule has 4 rings (SSSR count). The molecule has 0 fully saturated rings. The molecule has 1 aromatic heterocycles. The lowest BCUT2D eigenvalue weighted by molar-refractivity contribution is 0.0708. The molecule has 168 valence electrons. The number of amides is 1. The first-order chi connectivity index (χ1) is 15.5. The number of fused-ring (bicyclic) bond motifs is 2. The summed E-state index contributed by atoms with van der Waals surface area (Å²) in [6.07, 6.45) is 1.59. The molecule has 0 saturated heterocycles. The first kappa shape index (κ1) is 22.1. The van der Waals surface area contributed by atoms with Gasteiger partial charge < -0.3 is 18.8 Å². The topological polar surface area (TPSA) is 69.0 Å². The van der Waals surface area contributed by atoms with E-state index in [4.69, 9.17) is 13.9 Å². The fourth-order valence-electron chi connectivity index (χ4n) is 4.44. The average molecular weight is 436 g/mol. The molecule has 1 aliphatic rings. The Morgan fingerprint density at radius 1 is 1.06 bits per heavy atom. The number of methoxy groups -OCH3 is 1. The summed E-state index contributed by atoms with van der Waals surface area (Å²) in [5.74, 6) is 0.648. The highest BCUT2D eigenvalue weighted by Gasteiger charge is 2.42. The van der Waals surface area contributed by atoms with Crippen molar-refractivity contribution in [2.24, 2.45) is 0 Å². The van der Waals surface area contributed by atoms with Crippen LogP contribution < -0.4 is 10.2 Å². The van der Waals surface area contributed by atoms with Crippen molar-refractivity contribution in [3.05, 3.63) is 74.6 Å². The molecule has 0 bridgehead atoms. The minimum atomic E-state index is -0.504. The van der Waals surface area contributed by atoms with Crippen LogP contribution in [0.3, 0.4) is 0 Å². The smallest absolute Gasteiger partial charge is 0.290 e. The zero-order chi connectivity index (χ0) is 22.8. The Hall–Kier alpha value is -3.12. The number of carbonyl (C=O) groups excluding carboxylic acids is 1. The molecule has 1 atom stereocenters. The second-order valence-electron chi connectivity index (χ2n) is 8.29. The molecule has 6 nitrogen and oxygen atoms in total. The van der Waals surface area contributed by atoms with E-state index in [1.165, 1.54) is 0 Å². The van der Waals surface area contributed by atoms with Crippen LogP contribution in [0.15, 0.2) is 45.6 Å². The highest BCUT2D eigenvalue weighted by atomic mass is 16.5. The molecule has 0 spiro atoms. The normalized spacial score (nSPS) is 15.4. The van der Waals surface area contributed by atoms with Gasteiger partial charge in [-0.15, -0.1) is 0 Å². The van der Waals surface area contributed by atoms with Crippen molar-refractivity contribution in [3.63, 3.8) is 0 Å². The van der Waals surface area contributed by atoms with Crippen LogP contribution in [0.5, 0.6) is 5.75 Å². The Kier molecular flexibility index (Phi) is 6.33. The maximum absolute atomic E-state index is 13.7. The van der Waals surface area contributed by atoms with E-state index in [0.717, 1.165) is 28.9 Å².